The number of amides is 1. The number of aromatic nitrogens is 2. The van der Waals surface area contributed by atoms with Crippen molar-refractivity contribution < 1.29 is 19.3 Å². The number of halogens is 1. The van der Waals surface area contributed by atoms with Crippen molar-refractivity contribution in [3.8, 4) is 11.4 Å². The first-order chi connectivity index (χ1) is 16.2. The first kappa shape index (κ1) is 22.5. The van der Waals surface area contributed by atoms with E-state index in [1.54, 1.807) is 49.3 Å². The Labute approximate surface area is 193 Å². The Morgan fingerprint density at radius 3 is 2.59 bits per heavy atom. The summed E-state index contributed by atoms with van der Waals surface area (Å²) in [6.45, 7) is 0. The number of nitro groups is 1. The molecule has 0 aliphatic heterocycles. The first-order valence-corrected chi connectivity index (χ1v) is 10.1. The summed E-state index contributed by atoms with van der Waals surface area (Å²) in [5.74, 6) is -0.657. The molecule has 0 spiro atoms. The van der Waals surface area contributed by atoms with E-state index in [4.69, 9.17) is 0 Å². The van der Waals surface area contributed by atoms with Crippen molar-refractivity contribution in [2.45, 2.75) is 0 Å². The number of benzene rings is 3. The van der Waals surface area contributed by atoms with E-state index in [0.717, 1.165) is 4.73 Å². The van der Waals surface area contributed by atoms with E-state index in [2.05, 4.69) is 16.4 Å². The molecule has 9 nitrogen and oxygen atoms in total. The minimum absolute atomic E-state index is 0.149. The molecular weight excluding hydrogens is 441 g/mol. The van der Waals surface area contributed by atoms with Crippen LogP contribution in [0.2, 0.25) is 0 Å². The first-order valence-electron chi connectivity index (χ1n) is 10.1. The number of carbonyl (C=O) groups excluding carboxylic acids is 1. The van der Waals surface area contributed by atoms with Gasteiger partial charge < -0.3 is 15.4 Å². The summed E-state index contributed by atoms with van der Waals surface area (Å²) in [5, 5.41) is 24.7. The molecule has 0 saturated carbocycles. The van der Waals surface area contributed by atoms with Crippen LogP contribution in [0.1, 0.15) is 5.56 Å². The number of carbonyl (C=O) groups is 1. The number of nitrogens with one attached hydrogen (secondary N) is 1. The lowest BCUT2D eigenvalue weighted by Crippen LogP contribution is -2.11. The van der Waals surface area contributed by atoms with Gasteiger partial charge in [-0.2, -0.15) is 4.73 Å². The van der Waals surface area contributed by atoms with Crippen molar-refractivity contribution in [3.05, 3.63) is 88.2 Å². The quantitative estimate of drug-likeness (QED) is 0.189. The molecule has 4 aromatic rings. The van der Waals surface area contributed by atoms with E-state index in [9.17, 15) is 24.5 Å². The third-order valence-electron chi connectivity index (χ3n) is 5.04. The summed E-state index contributed by atoms with van der Waals surface area (Å²) in [7, 11) is 3.37. The van der Waals surface area contributed by atoms with E-state index < -0.39 is 10.7 Å². The molecule has 1 heterocycles. The smallest absolute Gasteiger partial charge is 0.294 e. The number of anilines is 2. The van der Waals surface area contributed by atoms with Crippen molar-refractivity contribution >= 4 is 40.1 Å². The predicted octanol–water partition coefficient (Wildman–Crippen LogP) is 4.51. The highest BCUT2D eigenvalue weighted by atomic mass is 19.1. The zero-order valence-corrected chi connectivity index (χ0v) is 18.2. The van der Waals surface area contributed by atoms with Gasteiger partial charge in [0.15, 0.2) is 5.82 Å². The van der Waals surface area contributed by atoms with E-state index in [1.165, 1.54) is 36.4 Å². The molecule has 3 aromatic carbocycles. The molecule has 1 aromatic heterocycles. The van der Waals surface area contributed by atoms with Crippen LogP contribution in [-0.2, 0) is 4.79 Å². The highest BCUT2D eigenvalue weighted by molar-refractivity contribution is 6.02. The molecule has 0 atom stereocenters. The third-order valence-corrected chi connectivity index (χ3v) is 5.04. The van der Waals surface area contributed by atoms with Gasteiger partial charge in [-0.05, 0) is 54.1 Å². The molecule has 0 fully saturated rings. The summed E-state index contributed by atoms with van der Waals surface area (Å²) in [6, 6.07) is 16.0. The summed E-state index contributed by atoms with van der Waals surface area (Å²) in [5.41, 5.74) is 2.50. The maximum Gasteiger partial charge on any atom is 0.294 e. The Balaban J connectivity index is 1.55. The van der Waals surface area contributed by atoms with Gasteiger partial charge in [-0.3, -0.25) is 14.9 Å². The number of rotatable bonds is 6. The fourth-order valence-corrected chi connectivity index (χ4v) is 3.36. The second kappa shape index (κ2) is 9.02. The Bertz CT molecular complexity index is 1410. The van der Waals surface area contributed by atoms with Crippen molar-refractivity contribution in [1.29, 1.82) is 0 Å². The highest BCUT2D eigenvalue weighted by Crippen LogP contribution is 2.34. The Hall–Kier alpha value is -4.73. The SMILES string of the molecule is CN(C)c1cc2nc(-c3ccc(NC(=O)/C=C/c4c[c]c(F)cc4)cc3)n(O)c2cc1[N+](=O)[O-]. The van der Waals surface area contributed by atoms with Crippen LogP contribution in [0.5, 0.6) is 0 Å². The highest BCUT2D eigenvalue weighted by Gasteiger charge is 2.21. The fourth-order valence-electron chi connectivity index (χ4n) is 3.36. The van der Waals surface area contributed by atoms with Crippen LogP contribution in [0.25, 0.3) is 28.5 Å². The molecular formula is C24H19FN5O4. The van der Waals surface area contributed by atoms with Crippen LogP contribution in [0.15, 0.2) is 60.7 Å². The lowest BCUT2D eigenvalue weighted by molar-refractivity contribution is -0.384. The van der Waals surface area contributed by atoms with E-state index in [-0.39, 0.29) is 22.9 Å². The zero-order valence-electron chi connectivity index (χ0n) is 18.2. The van der Waals surface area contributed by atoms with E-state index >= 15 is 0 Å². The lowest BCUT2D eigenvalue weighted by atomic mass is 10.2. The van der Waals surface area contributed by atoms with Crippen LogP contribution in [0.3, 0.4) is 0 Å². The predicted molar refractivity (Wildman–Crippen MR) is 126 cm³/mol. The average molecular weight is 460 g/mol. The molecule has 2 N–H and O–H groups in total. The van der Waals surface area contributed by atoms with Gasteiger partial charge in [0.1, 0.15) is 17.0 Å². The van der Waals surface area contributed by atoms with Crippen LogP contribution in [0, 0.1) is 22.0 Å². The van der Waals surface area contributed by atoms with E-state index in [0.29, 0.717) is 28.0 Å². The minimum atomic E-state index is -0.512. The standard InChI is InChI=1S/C24H19FN5O4/c1-28(2)21-13-19-20(14-22(21)30(33)34)29(32)24(27-19)16-6-10-18(11-7-16)26-23(31)12-5-15-3-8-17(25)9-4-15/h3-8,10-14,32H,1-2H3,(H,26,31)/b12-5+. The molecule has 1 amide bonds. The summed E-state index contributed by atoms with van der Waals surface area (Å²) < 4.78 is 13.7. The number of imidazole rings is 1. The molecule has 1 radical (unpaired) electrons. The van der Waals surface area contributed by atoms with Crippen LogP contribution < -0.4 is 10.2 Å². The number of fused-ring (bicyclic) bond motifs is 1. The van der Waals surface area contributed by atoms with E-state index in [1.807, 2.05) is 0 Å². The van der Waals surface area contributed by atoms with Gasteiger partial charge in [0.2, 0.25) is 5.91 Å². The van der Waals surface area contributed by atoms with Crippen LogP contribution in [0.4, 0.5) is 21.5 Å². The molecule has 171 valence electrons. The summed E-state index contributed by atoms with van der Waals surface area (Å²) >= 11 is 0. The van der Waals surface area contributed by atoms with Crippen molar-refractivity contribution in [2.75, 3.05) is 24.3 Å². The minimum Gasteiger partial charge on any atom is -0.426 e. The largest absolute Gasteiger partial charge is 0.426 e. The molecule has 34 heavy (non-hydrogen) atoms. The summed E-state index contributed by atoms with van der Waals surface area (Å²) in [6.07, 6.45) is 2.85. The second-order valence-corrected chi connectivity index (χ2v) is 7.60. The number of nitro benzene ring substituents is 1. The molecule has 10 heteroatoms. The number of nitrogens with zero attached hydrogens (tertiary/aromatic N) is 4. The number of hydrogen-bond acceptors (Lipinski definition) is 6. The maximum absolute atomic E-state index is 12.9. The van der Waals surface area contributed by atoms with Gasteiger partial charge in [-0.1, -0.05) is 6.07 Å². The van der Waals surface area contributed by atoms with Gasteiger partial charge in [-0.15, -0.1) is 0 Å². The van der Waals surface area contributed by atoms with Gasteiger partial charge in [-0.25, -0.2) is 9.37 Å². The van der Waals surface area contributed by atoms with Gasteiger partial charge >= 0.3 is 0 Å². The second-order valence-electron chi connectivity index (χ2n) is 7.60. The van der Waals surface area contributed by atoms with Crippen molar-refractivity contribution in [1.82, 2.24) is 9.71 Å². The van der Waals surface area contributed by atoms with Gasteiger partial charge in [0, 0.05) is 43.6 Å². The Morgan fingerprint density at radius 1 is 1.24 bits per heavy atom. The normalized spacial score (nSPS) is 11.1. The Kier molecular flexibility index (Phi) is 5.96. The van der Waals surface area contributed by atoms with Crippen LogP contribution in [-0.4, -0.2) is 39.8 Å². The molecule has 0 bridgehead atoms. The lowest BCUT2D eigenvalue weighted by Gasteiger charge is -2.12. The topological polar surface area (TPSA) is 114 Å². The zero-order chi connectivity index (χ0) is 24.4. The Morgan fingerprint density at radius 2 is 1.97 bits per heavy atom. The molecule has 0 unspecified atom stereocenters. The molecule has 0 aliphatic rings. The van der Waals surface area contributed by atoms with Crippen molar-refractivity contribution in [2.24, 2.45) is 0 Å². The fraction of sp³-hybridized carbons (Fsp3) is 0.0833. The van der Waals surface area contributed by atoms with Crippen LogP contribution >= 0.6 is 0 Å². The van der Waals surface area contributed by atoms with Gasteiger partial charge in [0.25, 0.3) is 5.69 Å². The third kappa shape index (κ3) is 4.56. The average Bonchev–Trinajstić information content (AvgIpc) is 3.14. The van der Waals surface area contributed by atoms with Crippen molar-refractivity contribution in [3.63, 3.8) is 0 Å². The monoisotopic (exact) mass is 460 g/mol. The molecule has 4 rings (SSSR count). The molecule has 0 aliphatic carbocycles. The summed E-state index contributed by atoms with van der Waals surface area (Å²) in [4.78, 5) is 29.1. The van der Waals surface area contributed by atoms with Gasteiger partial charge in [0.05, 0.1) is 10.4 Å². The number of hydrogen-bond donors (Lipinski definition) is 2. The molecule has 0 saturated heterocycles. The maximum atomic E-state index is 12.9.